The molecule has 1 unspecified atom stereocenters. The van der Waals surface area contributed by atoms with Crippen molar-refractivity contribution in [3.05, 3.63) is 47.4 Å². The minimum atomic E-state index is -0.911. The van der Waals surface area contributed by atoms with Crippen molar-refractivity contribution >= 4 is 23.3 Å². The monoisotopic (exact) mass is 338 g/mol. The molecule has 0 radical (unpaired) electrons. The number of hydrogen-bond acceptors (Lipinski definition) is 4. The zero-order chi connectivity index (χ0) is 16.7. The number of amides is 2. The van der Waals surface area contributed by atoms with Crippen LogP contribution in [0.25, 0.3) is 0 Å². The van der Waals surface area contributed by atoms with E-state index in [1.165, 1.54) is 6.26 Å². The van der Waals surface area contributed by atoms with Gasteiger partial charge in [-0.3, -0.25) is 0 Å². The summed E-state index contributed by atoms with van der Waals surface area (Å²) in [6, 6.07) is 7.83. The Morgan fingerprint density at radius 3 is 2.96 bits per heavy atom. The van der Waals surface area contributed by atoms with Crippen LogP contribution in [0.1, 0.15) is 25.2 Å². The minimum absolute atomic E-state index is 0.0189. The van der Waals surface area contributed by atoms with Gasteiger partial charge in [0.05, 0.1) is 25.1 Å². The number of nitrogens with one attached hydrogen (secondary N) is 2. The van der Waals surface area contributed by atoms with Crippen LogP contribution < -0.4 is 15.4 Å². The first-order valence-corrected chi connectivity index (χ1v) is 7.66. The summed E-state index contributed by atoms with van der Waals surface area (Å²) in [5.41, 5.74) is 0.468. The Kier molecular flexibility index (Phi) is 6.31. The molecule has 0 saturated carbocycles. The van der Waals surface area contributed by atoms with Gasteiger partial charge >= 0.3 is 6.03 Å². The molecule has 0 aliphatic heterocycles. The smallest absolute Gasteiger partial charge is 0.319 e. The van der Waals surface area contributed by atoms with E-state index in [2.05, 4.69) is 10.6 Å². The molecule has 3 N–H and O–H groups in total. The van der Waals surface area contributed by atoms with Crippen LogP contribution in [-0.4, -0.2) is 24.3 Å². The van der Waals surface area contributed by atoms with E-state index in [9.17, 15) is 9.90 Å². The molecule has 0 fully saturated rings. The van der Waals surface area contributed by atoms with Crippen molar-refractivity contribution in [2.24, 2.45) is 0 Å². The van der Waals surface area contributed by atoms with Gasteiger partial charge in [-0.2, -0.15) is 0 Å². The average molecular weight is 339 g/mol. The molecule has 0 aliphatic rings. The van der Waals surface area contributed by atoms with Gasteiger partial charge in [-0.1, -0.05) is 18.5 Å². The summed E-state index contributed by atoms with van der Waals surface area (Å²) in [6.07, 6.45) is 1.40. The Labute approximate surface area is 139 Å². The third kappa shape index (κ3) is 5.19. The Morgan fingerprint density at radius 1 is 1.43 bits per heavy atom. The molecule has 1 atom stereocenters. The van der Waals surface area contributed by atoms with Crippen LogP contribution in [-0.2, 0) is 0 Å². The molecule has 2 aromatic rings. The first-order chi connectivity index (χ1) is 11.1. The molecule has 0 spiro atoms. The first-order valence-electron chi connectivity index (χ1n) is 7.28. The number of hydrogen-bond donors (Lipinski definition) is 3. The van der Waals surface area contributed by atoms with Crippen LogP contribution in [0.15, 0.2) is 41.0 Å². The third-order valence-corrected chi connectivity index (χ3v) is 3.21. The number of aliphatic hydroxyl groups is 1. The lowest BCUT2D eigenvalue weighted by atomic mass is 10.2. The summed E-state index contributed by atoms with van der Waals surface area (Å²) in [4.78, 5) is 12.0. The molecule has 0 aliphatic carbocycles. The van der Waals surface area contributed by atoms with Crippen molar-refractivity contribution in [2.75, 3.05) is 18.5 Å². The van der Waals surface area contributed by atoms with E-state index in [1.54, 1.807) is 30.3 Å². The molecule has 2 rings (SSSR count). The molecule has 6 nitrogen and oxygen atoms in total. The van der Waals surface area contributed by atoms with Gasteiger partial charge in [-0.25, -0.2) is 4.79 Å². The highest BCUT2D eigenvalue weighted by Crippen LogP contribution is 2.28. The van der Waals surface area contributed by atoms with Gasteiger partial charge in [0.25, 0.3) is 0 Å². The number of aliphatic hydroxyl groups excluding tert-OH is 1. The maximum atomic E-state index is 12.0. The fourth-order valence-corrected chi connectivity index (χ4v) is 2.05. The van der Waals surface area contributed by atoms with Gasteiger partial charge in [0.1, 0.15) is 17.6 Å². The molecular formula is C16H19ClN2O4. The lowest BCUT2D eigenvalue weighted by Gasteiger charge is -2.14. The molecule has 1 aromatic carbocycles. The summed E-state index contributed by atoms with van der Waals surface area (Å²) in [6.45, 7) is 2.55. The molecule has 23 heavy (non-hydrogen) atoms. The second-order valence-corrected chi connectivity index (χ2v) is 5.29. The van der Waals surface area contributed by atoms with Crippen molar-refractivity contribution in [3.8, 4) is 5.75 Å². The van der Waals surface area contributed by atoms with Crippen LogP contribution in [0.3, 0.4) is 0 Å². The number of rotatable bonds is 7. The second-order valence-electron chi connectivity index (χ2n) is 4.86. The van der Waals surface area contributed by atoms with E-state index in [0.29, 0.717) is 28.8 Å². The van der Waals surface area contributed by atoms with Crippen molar-refractivity contribution in [1.29, 1.82) is 0 Å². The molecular weight excluding hydrogens is 320 g/mol. The van der Waals surface area contributed by atoms with Gasteiger partial charge in [0, 0.05) is 5.02 Å². The predicted octanol–water partition coefficient (Wildman–Crippen LogP) is 3.58. The number of furan rings is 1. The maximum absolute atomic E-state index is 12.0. The van der Waals surface area contributed by atoms with E-state index < -0.39 is 12.1 Å². The molecule has 0 saturated heterocycles. The van der Waals surface area contributed by atoms with Gasteiger partial charge in [0.15, 0.2) is 0 Å². The third-order valence-electron chi connectivity index (χ3n) is 2.98. The van der Waals surface area contributed by atoms with Crippen LogP contribution >= 0.6 is 11.6 Å². The topological polar surface area (TPSA) is 83.7 Å². The molecule has 0 bridgehead atoms. The zero-order valence-corrected chi connectivity index (χ0v) is 13.5. The van der Waals surface area contributed by atoms with Gasteiger partial charge in [-0.15, -0.1) is 0 Å². The molecule has 2 amide bonds. The highest BCUT2D eigenvalue weighted by Gasteiger charge is 2.13. The lowest BCUT2D eigenvalue weighted by molar-refractivity contribution is 0.149. The average Bonchev–Trinajstić information content (AvgIpc) is 3.06. The van der Waals surface area contributed by atoms with E-state index in [0.717, 1.165) is 6.42 Å². The molecule has 1 heterocycles. The van der Waals surface area contributed by atoms with Crippen LogP contribution in [0.2, 0.25) is 5.02 Å². The number of carbonyl (C=O) groups excluding carboxylic acids is 1. The minimum Gasteiger partial charge on any atom is -0.491 e. The van der Waals surface area contributed by atoms with Gasteiger partial charge in [0.2, 0.25) is 0 Å². The maximum Gasteiger partial charge on any atom is 0.319 e. The lowest BCUT2D eigenvalue weighted by Crippen LogP contribution is -2.32. The van der Waals surface area contributed by atoms with Crippen molar-refractivity contribution in [2.45, 2.75) is 19.4 Å². The Bertz CT molecular complexity index is 631. The Hall–Kier alpha value is -2.18. The first kappa shape index (κ1) is 17.2. The van der Waals surface area contributed by atoms with Gasteiger partial charge in [-0.05, 0) is 36.8 Å². The summed E-state index contributed by atoms with van der Waals surface area (Å²) in [7, 11) is 0. The van der Waals surface area contributed by atoms with Crippen LogP contribution in [0, 0.1) is 0 Å². The SMILES string of the molecule is CCCOc1ccc(Cl)cc1NC(=O)NCC(O)c1ccco1. The highest BCUT2D eigenvalue weighted by molar-refractivity contribution is 6.31. The molecule has 7 heteroatoms. The van der Waals surface area contributed by atoms with Gasteiger partial charge < -0.3 is 24.9 Å². The fraction of sp³-hybridized carbons (Fsp3) is 0.312. The Balaban J connectivity index is 1.92. The molecule has 1 aromatic heterocycles. The van der Waals surface area contributed by atoms with E-state index in [-0.39, 0.29) is 6.54 Å². The summed E-state index contributed by atoms with van der Waals surface area (Å²) >= 11 is 5.95. The highest BCUT2D eigenvalue weighted by atomic mass is 35.5. The second kappa shape index (κ2) is 8.45. The van der Waals surface area contributed by atoms with E-state index >= 15 is 0 Å². The number of anilines is 1. The summed E-state index contributed by atoms with van der Waals surface area (Å²) < 4.78 is 10.6. The normalized spacial score (nSPS) is 11.8. The molecule has 124 valence electrons. The number of halogens is 1. The van der Waals surface area contributed by atoms with Crippen molar-refractivity contribution in [1.82, 2.24) is 5.32 Å². The standard InChI is InChI=1S/C16H19ClN2O4/c1-2-7-22-14-6-5-11(17)9-12(14)19-16(21)18-10-13(20)15-4-3-8-23-15/h3-6,8-9,13,20H,2,7,10H2,1H3,(H2,18,19,21). The number of urea groups is 1. The zero-order valence-electron chi connectivity index (χ0n) is 12.7. The quantitative estimate of drug-likeness (QED) is 0.720. The summed E-state index contributed by atoms with van der Waals surface area (Å²) in [5, 5.41) is 15.6. The van der Waals surface area contributed by atoms with Crippen LogP contribution in [0.5, 0.6) is 5.75 Å². The predicted molar refractivity (Wildman–Crippen MR) is 87.9 cm³/mol. The van der Waals surface area contributed by atoms with Crippen LogP contribution in [0.4, 0.5) is 10.5 Å². The number of benzene rings is 1. The van der Waals surface area contributed by atoms with E-state index in [4.69, 9.17) is 20.8 Å². The largest absolute Gasteiger partial charge is 0.491 e. The van der Waals surface area contributed by atoms with Crippen molar-refractivity contribution < 1.29 is 19.1 Å². The number of carbonyl (C=O) groups is 1. The summed E-state index contributed by atoms with van der Waals surface area (Å²) in [5.74, 6) is 0.929. The van der Waals surface area contributed by atoms with Crippen molar-refractivity contribution in [3.63, 3.8) is 0 Å². The number of ether oxygens (including phenoxy) is 1. The van der Waals surface area contributed by atoms with E-state index in [1.807, 2.05) is 6.92 Å². The fourth-order valence-electron chi connectivity index (χ4n) is 1.88. The Morgan fingerprint density at radius 2 is 2.26 bits per heavy atom.